The molecule has 0 aliphatic carbocycles. The molecule has 1 aromatic heterocycles. The summed E-state index contributed by atoms with van der Waals surface area (Å²) in [7, 11) is 1.64. The van der Waals surface area contributed by atoms with E-state index in [1.54, 1.807) is 7.11 Å². The van der Waals surface area contributed by atoms with Crippen molar-refractivity contribution in [1.29, 1.82) is 0 Å². The maximum absolute atomic E-state index is 5.90. The Kier molecular flexibility index (Phi) is 5.74. The molecule has 25 heavy (non-hydrogen) atoms. The molecule has 0 aliphatic heterocycles. The topological polar surface area (TPSA) is 66.6 Å². The van der Waals surface area contributed by atoms with Crippen LogP contribution in [0.15, 0.2) is 53.9 Å². The molecule has 0 fully saturated rings. The average Bonchev–Trinajstić information content (AvgIpc) is 3.08. The molecule has 0 unspecified atom stereocenters. The molecule has 3 rings (SSSR count). The summed E-state index contributed by atoms with van der Waals surface area (Å²) < 4.78 is 16.7. The molecule has 6 heteroatoms. The van der Waals surface area contributed by atoms with Gasteiger partial charge in [0, 0.05) is 17.4 Å². The van der Waals surface area contributed by atoms with E-state index >= 15 is 0 Å². The fourth-order valence-electron chi connectivity index (χ4n) is 2.32. The van der Waals surface area contributed by atoms with E-state index in [9.17, 15) is 0 Å². The molecule has 130 valence electrons. The molecule has 0 amide bonds. The molecule has 0 radical (unpaired) electrons. The van der Waals surface area contributed by atoms with Crippen molar-refractivity contribution >= 4 is 16.5 Å². The summed E-state index contributed by atoms with van der Waals surface area (Å²) in [4.78, 5) is 4.32. The van der Waals surface area contributed by atoms with Gasteiger partial charge < -0.3 is 19.9 Å². The van der Waals surface area contributed by atoms with Gasteiger partial charge in [0.1, 0.15) is 17.2 Å². The number of ether oxygens (including phenoxy) is 3. The lowest BCUT2D eigenvalue weighted by molar-refractivity contribution is 0.248. The first kappa shape index (κ1) is 17.1. The lowest BCUT2D eigenvalue weighted by atomic mass is 10.1. The van der Waals surface area contributed by atoms with Crippen molar-refractivity contribution in [3.05, 3.63) is 53.9 Å². The average molecular weight is 356 g/mol. The summed E-state index contributed by atoms with van der Waals surface area (Å²) in [5, 5.41) is 2.49. The van der Waals surface area contributed by atoms with Gasteiger partial charge in [-0.15, -0.1) is 11.3 Å². The third-order valence-electron chi connectivity index (χ3n) is 3.56. The van der Waals surface area contributed by atoms with E-state index in [1.165, 1.54) is 11.3 Å². The first-order valence-electron chi connectivity index (χ1n) is 7.96. The van der Waals surface area contributed by atoms with Gasteiger partial charge >= 0.3 is 0 Å². The third kappa shape index (κ3) is 4.64. The number of rotatable bonds is 8. The van der Waals surface area contributed by atoms with Crippen molar-refractivity contribution in [2.24, 2.45) is 0 Å². The number of hydrogen-bond acceptors (Lipinski definition) is 6. The molecule has 0 saturated heterocycles. The predicted octanol–water partition coefficient (Wildman–Crippen LogP) is 4.25. The zero-order valence-electron chi connectivity index (χ0n) is 14.0. The molecular weight excluding hydrogens is 336 g/mol. The minimum absolute atomic E-state index is 0.553. The number of methoxy groups -OCH3 is 1. The highest BCUT2D eigenvalue weighted by Gasteiger charge is 2.09. The number of hydrogen-bond donors (Lipinski definition) is 1. The molecule has 0 bridgehead atoms. The van der Waals surface area contributed by atoms with Gasteiger partial charge in [-0.1, -0.05) is 12.1 Å². The number of aromatic nitrogens is 1. The number of benzene rings is 2. The van der Waals surface area contributed by atoms with Gasteiger partial charge in [-0.25, -0.2) is 4.98 Å². The Morgan fingerprint density at radius 1 is 0.960 bits per heavy atom. The van der Waals surface area contributed by atoms with Crippen LogP contribution in [0.25, 0.3) is 11.3 Å². The van der Waals surface area contributed by atoms with Crippen LogP contribution in [-0.2, 0) is 0 Å². The van der Waals surface area contributed by atoms with Crippen LogP contribution in [0.5, 0.6) is 17.2 Å². The highest BCUT2D eigenvalue weighted by molar-refractivity contribution is 7.13. The van der Waals surface area contributed by atoms with E-state index in [-0.39, 0.29) is 0 Å². The summed E-state index contributed by atoms with van der Waals surface area (Å²) in [6.07, 6.45) is 0.777. The largest absolute Gasteiger partial charge is 0.497 e. The number of nitrogens with two attached hydrogens (primary N) is 1. The molecule has 2 aromatic carbocycles. The lowest BCUT2D eigenvalue weighted by Gasteiger charge is -2.11. The summed E-state index contributed by atoms with van der Waals surface area (Å²) in [5.41, 5.74) is 7.51. The van der Waals surface area contributed by atoms with Gasteiger partial charge in [0.25, 0.3) is 0 Å². The van der Waals surface area contributed by atoms with Crippen molar-refractivity contribution in [3.63, 3.8) is 0 Å². The number of nitrogens with zero attached hydrogens (tertiary/aromatic N) is 1. The predicted molar refractivity (Wildman–Crippen MR) is 101 cm³/mol. The van der Waals surface area contributed by atoms with Crippen LogP contribution in [0.3, 0.4) is 0 Å². The molecule has 5 nitrogen and oxygen atoms in total. The van der Waals surface area contributed by atoms with Gasteiger partial charge in [-0.3, -0.25) is 0 Å². The highest BCUT2D eigenvalue weighted by atomic mass is 32.1. The minimum Gasteiger partial charge on any atom is -0.497 e. The van der Waals surface area contributed by atoms with Crippen LogP contribution in [0.2, 0.25) is 0 Å². The summed E-state index contributed by atoms with van der Waals surface area (Å²) in [6.45, 7) is 1.14. The number of anilines is 1. The van der Waals surface area contributed by atoms with Gasteiger partial charge in [-0.05, 0) is 36.4 Å². The first-order valence-corrected chi connectivity index (χ1v) is 8.84. The number of para-hydroxylation sites is 1. The Morgan fingerprint density at radius 3 is 2.40 bits per heavy atom. The Hall–Kier alpha value is -2.73. The fourth-order valence-corrected chi connectivity index (χ4v) is 2.88. The molecule has 2 N–H and O–H groups in total. The van der Waals surface area contributed by atoms with Gasteiger partial charge in [-0.2, -0.15) is 0 Å². The molecule has 0 aliphatic rings. The van der Waals surface area contributed by atoms with Gasteiger partial charge in [0.15, 0.2) is 5.13 Å². The molecule has 0 spiro atoms. The molecule has 0 saturated carbocycles. The molecule has 3 aromatic rings. The van der Waals surface area contributed by atoms with Crippen molar-refractivity contribution in [2.45, 2.75) is 6.42 Å². The van der Waals surface area contributed by atoms with Crippen molar-refractivity contribution in [2.75, 3.05) is 26.1 Å². The van der Waals surface area contributed by atoms with Gasteiger partial charge in [0.05, 0.1) is 26.0 Å². The Balaban J connectivity index is 1.49. The van der Waals surface area contributed by atoms with E-state index in [0.717, 1.165) is 34.9 Å². The second kappa shape index (κ2) is 8.39. The standard InChI is InChI=1S/C19H20N2O3S/c1-22-14-7-9-15(10-8-14)23-11-4-12-24-18-6-3-2-5-16(18)17-13-25-19(20)21-17/h2-3,5-10,13H,4,11-12H2,1H3,(H2,20,21). The van der Waals surface area contributed by atoms with Crippen LogP contribution in [0.1, 0.15) is 6.42 Å². The third-order valence-corrected chi connectivity index (χ3v) is 4.23. The number of thiazole rings is 1. The Labute approximate surface area is 151 Å². The molecule has 0 atom stereocenters. The molecular formula is C19H20N2O3S. The normalized spacial score (nSPS) is 10.4. The van der Waals surface area contributed by atoms with Crippen LogP contribution in [0, 0.1) is 0 Å². The van der Waals surface area contributed by atoms with E-state index in [4.69, 9.17) is 19.9 Å². The fraction of sp³-hybridized carbons (Fsp3) is 0.211. The molecule has 1 heterocycles. The summed E-state index contributed by atoms with van der Waals surface area (Å²) in [6, 6.07) is 15.4. The smallest absolute Gasteiger partial charge is 0.180 e. The van der Waals surface area contributed by atoms with Gasteiger partial charge in [0.2, 0.25) is 0 Å². The second-order valence-corrected chi connectivity index (χ2v) is 6.18. The van der Waals surface area contributed by atoms with Crippen LogP contribution >= 0.6 is 11.3 Å². The summed E-state index contributed by atoms with van der Waals surface area (Å²) in [5.74, 6) is 2.44. The van der Waals surface area contributed by atoms with E-state index < -0.39 is 0 Å². The Bertz CT molecular complexity index is 802. The van der Waals surface area contributed by atoms with Crippen LogP contribution in [-0.4, -0.2) is 25.3 Å². The zero-order chi connectivity index (χ0) is 17.5. The summed E-state index contributed by atoms with van der Waals surface area (Å²) >= 11 is 1.42. The quantitative estimate of drug-likeness (QED) is 0.611. The first-order chi connectivity index (χ1) is 12.3. The van der Waals surface area contributed by atoms with E-state index in [0.29, 0.717) is 18.3 Å². The second-order valence-electron chi connectivity index (χ2n) is 5.29. The van der Waals surface area contributed by atoms with E-state index in [2.05, 4.69) is 4.98 Å². The maximum Gasteiger partial charge on any atom is 0.180 e. The van der Waals surface area contributed by atoms with Crippen molar-refractivity contribution in [3.8, 4) is 28.5 Å². The zero-order valence-corrected chi connectivity index (χ0v) is 14.8. The Morgan fingerprint density at radius 2 is 1.68 bits per heavy atom. The van der Waals surface area contributed by atoms with Crippen LogP contribution < -0.4 is 19.9 Å². The van der Waals surface area contributed by atoms with E-state index in [1.807, 2.05) is 53.9 Å². The lowest BCUT2D eigenvalue weighted by Crippen LogP contribution is -2.05. The number of nitrogen functional groups attached to an aromatic ring is 1. The SMILES string of the molecule is COc1ccc(OCCCOc2ccccc2-c2csc(N)n2)cc1. The van der Waals surface area contributed by atoms with Crippen molar-refractivity contribution in [1.82, 2.24) is 4.98 Å². The minimum atomic E-state index is 0.553. The monoisotopic (exact) mass is 356 g/mol. The highest BCUT2D eigenvalue weighted by Crippen LogP contribution is 2.31. The van der Waals surface area contributed by atoms with Crippen molar-refractivity contribution < 1.29 is 14.2 Å². The maximum atomic E-state index is 5.90. The van der Waals surface area contributed by atoms with Crippen LogP contribution in [0.4, 0.5) is 5.13 Å².